The average molecular weight is 166 g/mol. The van der Waals surface area contributed by atoms with Crippen molar-refractivity contribution in [1.29, 1.82) is 0 Å². The van der Waals surface area contributed by atoms with Gasteiger partial charge >= 0.3 is 8.34 Å². The highest BCUT2D eigenvalue weighted by molar-refractivity contribution is 7.32. The first-order valence-electron chi connectivity index (χ1n) is 3.65. The molecule has 0 spiro atoms. The summed E-state index contributed by atoms with van der Waals surface area (Å²) in [5.74, 6) is 0. The van der Waals surface area contributed by atoms with Crippen molar-refractivity contribution in [2.75, 3.05) is 0 Å². The van der Waals surface area contributed by atoms with E-state index in [2.05, 4.69) is 4.52 Å². The van der Waals surface area contributed by atoms with E-state index in [9.17, 15) is 8.76 Å². The van der Waals surface area contributed by atoms with Crippen LogP contribution in [0.5, 0.6) is 0 Å². The summed E-state index contributed by atoms with van der Waals surface area (Å²) in [6, 6.07) is 0. The van der Waals surface area contributed by atoms with E-state index in [0.717, 1.165) is 25.7 Å². The summed E-state index contributed by atoms with van der Waals surface area (Å²) in [7, 11) is -3.18. The lowest BCUT2D eigenvalue weighted by molar-refractivity contribution is 0.156. The Morgan fingerprint density at radius 1 is 1.30 bits per heavy atom. The Balaban J connectivity index is 2.19. The van der Waals surface area contributed by atoms with Gasteiger partial charge in [0.05, 0.1) is 6.10 Å². The first-order chi connectivity index (χ1) is 4.79. The van der Waals surface area contributed by atoms with Gasteiger partial charge in [0.25, 0.3) is 0 Å². The Morgan fingerprint density at radius 3 is 2.40 bits per heavy atom. The van der Waals surface area contributed by atoms with Gasteiger partial charge in [0.1, 0.15) is 0 Å². The lowest BCUT2D eigenvalue weighted by Gasteiger charge is -2.19. The summed E-state index contributed by atoms with van der Waals surface area (Å²) >= 11 is 0. The fourth-order valence-corrected chi connectivity index (χ4v) is 1.81. The van der Waals surface area contributed by atoms with Crippen molar-refractivity contribution in [1.82, 2.24) is 0 Å². The van der Waals surface area contributed by atoms with Crippen LogP contribution in [-0.2, 0) is 9.09 Å². The molecule has 0 aromatic rings. The Hall–Kier alpha value is 0.120. The summed E-state index contributed by atoms with van der Waals surface area (Å²) in [5.41, 5.74) is 0. The van der Waals surface area contributed by atoms with Gasteiger partial charge in [-0.3, -0.25) is 4.57 Å². The lowest BCUT2D eigenvalue weighted by Crippen LogP contribution is -2.12. The SMILES string of the molecule is O=[PH](F)OC1CCCCC1. The van der Waals surface area contributed by atoms with Gasteiger partial charge in [-0.1, -0.05) is 19.3 Å². The second-order valence-corrected chi connectivity index (χ2v) is 3.33. The zero-order valence-electron chi connectivity index (χ0n) is 5.81. The summed E-state index contributed by atoms with van der Waals surface area (Å²) in [5, 5.41) is 0. The van der Waals surface area contributed by atoms with Gasteiger partial charge < -0.3 is 4.52 Å². The molecule has 0 saturated heterocycles. The van der Waals surface area contributed by atoms with E-state index in [1.165, 1.54) is 6.42 Å². The third-order valence-corrected chi connectivity index (χ3v) is 2.33. The average Bonchev–Trinajstić information content (AvgIpc) is 1.88. The molecular weight excluding hydrogens is 154 g/mol. The van der Waals surface area contributed by atoms with Crippen molar-refractivity contribution in [3.63, 3.8) is 0 Å². The zero-order valence-corrected chi connectivity index (χ0v) is 6.81. The molecule has 10 heavy (non-hydrogen) atoms. The van der Waals surface area contributed by atoms with Gasteiger partial charge in [-0.25, -0.2) is 0 Å². The second kappa shape index (κ2) is 4.09. The molecule has 1 atom stereocenters. The molecular formula is C6H12FO2P. The van der Waals surface area contributed by atoms with Crippen LogP contribution in [0.2, 0.25) is 0 Å². The van der Waals surface area contributed by atoms with Crippen molar-refractivity contribution >= 4 is 8.34 Å². The minimum Gasteiger partial charge on any atom is -0.304 e. The fraction of sp³-hybridized carbons (Fsp3) is 1.00. The van der Waals surface area contributed by atoms with Crippen LogP contribution in [0.25, 0.3) is 0 Å². The quantitative estimate of drug-likeness (QED) is 0.589. The Morgan fingerprint density at radius 2 is 1.90 bits per heavy atom. The van der Waals surface area contributed by atoms with Crippen LogP contribution in [0.4, 0.5) is 4.20 Å². The molecule has 1 saturated carbocycles. The standard InChI is InChI=1S/C6H12FO2P/c7-10(8)9-6-4-2-1-3-5-6/h6,10H,1-5H2. The van der Waals surface area contributed by atoms with Crippen molar-refractivity contribution in [2.24, 2.45) is 0 Å². The summed E-state index contributed by atoms with van der Waals surface area (Å²) in [6.07, 6.45) is 5.05. The molecule has 1 aliphatic rings. The molecule has 0 aromatic carbocycles. The van der Waals surface area contributed by atoms with Gasteiger partial charge in [0.2, 0.25) is 0 Å². The van der Waals surface area contributed by atoms with Crippen molar-refractivity contribution in [3.8, 4) is 0 Å². The third-order valence-electron chi connectivity index (χ3n) is 1.81. The van der Waals surface area contributed by atoms with E-state index in [-0.39, 0.29) is 6.10 Å². The summed E-state index contributed by atoms with van der Waals surface area (Å²) < 4.78 is 26.4. The van der Waals surface area contributed by atoms with E-state index in [0.29, 0.717) is 0 Å². The molecule has 2 nitrogen and oxygen atoms in total. The van der Waals surface area contributed by atoms with Gasteiger partial charge in [-0.2, -0.15) is 4.20 Å². The predicted octanol–water partition coefficient (Wildman–Crippen LogP) is 2.69. The van der Waals surface area contributed by atoms with Crippen LogP contribution in [-0.4, -0.2) is 6.10 Å². The summed E-state index contributed by atoms with van der Waals surface area (Å²) in [4.78, 5) is 0. The maximum absolute atomic E-state index is 11.8. The van der Waals surface area contributed by atoms with Crippen LogP contribution in [0.3, 0.4) is 0 Å². The molecule has 0 N–H and O–H groups in total. The van der Waals surface area contributed by atoms with E-state index < -0.39 is 8.34 Å². The van der Waals surface area contributed by atoms with Crippen LogP contribution in [0.1, 0.15) is 32.1 Å². The Bertz CT molecular complexity index is 123. The van der Waals surface area contributed by atoms with E-state index >= 15 is 0 Å². The van der Waals surface area contributed by atoms with Crippen LogP contribution in [0, 0.1) is 0 Å². The van der Waals surface area contributed by atoms with Crippen LogP contribution in [0.15, 0.2) is 0 Å². The number of rotatable bonds is 2. The molecule has 4 heteroatoms. The van der Waals surface area contributed by atoms with Crippen LogP contribution >= 0.6 is 8.34 Å². The Labute approximate surface area is 60.8 Å². The molecule has 0 amide bonds. The monoisotopic (exact) mass is 166 g/mol. The molecule has 0 heterocycles. The molecule has 1 aliphatic carbocycles. The maximum atomic E-state index is 11.8. The lowest BCUT2D eigenvalue weighted by atomic mass is 9.98. The van der Waals surface area contributed by atoms with Crippen molar-refractivity contribution < 1.29 is 13.3 Å². The first-order valence-corrected chi connectivity index (χ1v) is 4.84. The molecule has 1 unspecified atom stereocenters. The number of hydrogen-bond donors (Lipinski definition) is 0. The van der Waals surface area contributed by atoms with Gasteiger partial charge in [0.15, 0.2) is 0 Å². The van der Waals surface area contributed by atoms with E-state index in [4.69, 9.17) is 0 Å². The van der Waals surface area contributed by atoms with Crippen LogP contribution < -0.4 is 0 Å². The highest BCUT2D eigenvalue weighted by Gasteiger charge is 2.15. The summed E-state index contributed by atoms with van der Waals surface area (Å²) in [6.45, 7) is 0. The van der Waals surface area contributed by atoms with Gasteiger partial charge in [-0.05, 0) is 12.8 Å². The molecule has 0 aliphatic heterocycles. The molecule has 60 valence electrons. The highest BCUT2D eigenvalue weighted by atomic mass is 31.2. The fourth-order valence-electron chi connectivity index (χ4n) is 1.31. The first kappa shape index (κ1) is 8.22. The van der Waals surface area contributed by atoms with E-state index in [1.807, 2.05) is 0 Å². The molecule has 1 rings (SSSR count). The number of halogens is 1. The zero-order chi connectivity index (χ0) is 7.40. The third kappa shape index (κ3) is 2.80. The smallest absolute Gasteiger partial charge is 0.304 e. The Kier molecular flexibility index (Phi) is 3.36. The predicted molar refractivity (Wildman–Crippen MR) is 38.1 cm³/mol. The molecule has 0 aromatic heterocycles. The molecule has 0 bridgehead atoms. The molecule has 0 radical (unpaired) electrons. The normalized spacial score (nSPS) is 24.5. The molecule has 1 fully saturated rings. The minimum absolute atomic E-state index is 0.0647. The van der Waals surface area contributed by atoms with Gasteiger partial charge in [-0.15, -0.1) is 0 Å². The minimum atomic E-state index is -3.18. The maximum Gasteiger partial charge on any atom is 0.356 e. The van der Waals surface area contributed by atoms with Gasteiger partial charge in [0, 0.05) is 0 Å². The van der Waals surface area contributed by atoms with Crippen molar-refractivity contribution in [2.45, 2.75) is 38.2 Å². The highest BCUT2D eigenvalue weighted by Crippen LogP contribution is 2.31. The number of hydrogen-bond acceptors (Lipinski definition) is 2. The largest absolute Gasteiger partial charge is 0.356 e. The topological polar surface area (TPSA) is 26.3 Å². The van der Waals surface area contributed by atoms with Crippen molar-refractivity contribution in [3.05, 3.63) is 0 Å². The van der Waals surface area contributed by atoms with E-state index in [1.54, 1.807) is 0 Å². The second-order valence-electron chi connectivity index (χ2n) is 2.62.